The molecule has 0 aliphatic heterocycles. The maximum absolute atomic E-state index is 12.4. The fourth-order valence-corrected chi connectivity index (χ4v) is 6.23. The number of hydrogen-bond donors (Lipinski definition) is 1. The van der Waals surface area contributed by atoms with Crippen LogP contribution in [0.1, 0.15) is 20.8 Å². The average molecular weight is 316 g/mol. The van der Waals surface area contributed by atoms with Gasteiger partial charge in [-0.3, -0.25) is 10.1 Å². The maximum Gasteiger partial charge on any atom is 0.270 e. The van der Waals surface area contributed by atoms with Crippen LogP contribution in [0.2, 0.25) is 18.1 Å². The number of sulfonamides is 1. The van der Waals surface area contributed by atoms with Crippen LogP contribution in [0.4, 0.5) is 5.69 Å². The number of nitro benzene ring substituents is 1. The molecule has 8 heteroatoms. The molecule has 0 aromatic heterocycles. The summed E-state index contributed by atoms with van der Waals surface area (Å²) in [6, 6.07) is 5.08. The Kier molecular flexibility index (Phi) is 4.42. The van der Waals surface area contributed by atoms with E-state index in [4.69, 9.17) is 0 Å². The minimum Gasteiger partial charge on any atom is -0.258 e. The first kappa shape index (κ1) is 16.8. The molecule has 1 N–H and O–H groups in total. The van der Waals surface area contributed by atoms with Crippen molar-refractivity contribution < 1.29 is 13.3 Å². The Hall–Kier alpha value is -1.25. The maximum atomic E-state index is 12.4. The van der Waals surface area contributed by atoms with Gasteiger partial charge in [-0.05, 0) is 11.1 Å². The zero-order valence-electron chi connectivity index (χ0n) is 12.3. The Balaban J connectivity index is 3.19. The number of nitrogens with zero attached hydrogens (tertiary/aromatic N) is 1. The molecule has 0 heterocycles. The summed E-state index contributed by atoms with van der Waals surface area (Å²) in [6.07, 6.45) is 0. The highest BCUT2D eigenvalue weighted by Gasteiger charge is 2.39. The summed E-state index contributed by atoms with van der Waals surface area (Å²) < 4.78 is 27.5. The monoisotopic (exact) mass is 316 g/mol. The highest BCUT2D eigenvalue weighted by atomic mass is 32.2. The number of nitrogens with one attached hydrogen (secondary N) is 1. The van der Waals surface area contributed by atoms with Gasteiger partial charge in [0.2, 0.25) is 10.0 Å². The van der Waals surface area contributed by atoms with Gasteiger partial charge in [-0.1, -0.05) is 39.9 Å². The minimum atomic E-state index is -3.75. The van der Waals surface area contributed by atoms with E-state index in [0.29, 0.717) is 0 Å². The van der Waals surface area contributed by atoms with Gasteiger partial charge in [-0.25, -0.2) is 12.8 Å². The quantitative estimate of drug-likeness (QED) is 0.525. The number of hydrogen-bond acceptors (Lipinski definition) is 4. The van der Waals surface area contributed by atoms with Crippen LogP contribution < -0.4 is 4.39 Å². The van der Waals surface area contributed by atoms with Gasteiger partial charge < -0.3 is 0 Å². The van der Waals surface area contributed by atoms with Crippen LogP contribution in [-0.2, 0) is 10.0 Å². The van der Waals surface area contributed by atoms with Crippen LogP contribution in [0.5, 0.6) is 0 Å². The number of nitro groups is 1. The number of rotatable bonds is 4. The van der Waals surface area contributed by atoms with Gasteiger partial charge in [0.1, 0.15) is 8.24 Å². The van der Waals surface area contributed by atoms with Crippen molar-refractivity contribution >= 4 is 23.9 Å². The molecule has 0 amide bonds. The van der Waals surface area contributed by atoms with Crippen LogP contribution in [0.25, 0.3) is 0 Å². The third kappa shape index (κ3) is 3.65. The Morgan fingerprint density at radius 3 is 2.25 bits per heavy atom. The van der Waals surface area contributed by atoms with E-state index < -0.39 is 23.2 Å². The van der Waals surface area contributed by atoms with E-state index in [-0.39, 0.29) is 15.6 Å². The van der Waals surface area contributed by atoms with Crippen molar-refractivity contribution in [3.05, 3.63) is 34.4 Å². The van der Waals surface area contributed by atoms with Crippen LogP contribution in [0.3, 0.4) is 0 Å². The molecule has 1 aromatic carbocycles. The third-order valence-electron chi connectivity index (χ3n) is 3.60. The summed E-state index contributed by atoms with van der Waals surface area (Å²) in [7, 11) is -6.03. The van der Waals surface area contributed by atoms with Crippen molar-refractivity contribution in [3.8, 4) is 0 Å². The summed E-state index contributed by atoms with van der Waals surface area (Å²) in [5.41, 5.74) is -0.233. The van der Waals surface area contributed by atoms with Crippen molar-refractivity contribution in [2.45, 2.75) is 43.8 Å². The first-order chi connectivity index (χ1) is 8.87. The molecule has 0 aliphatic carbocycles. The largest absolute Gasteiger partial charge is 0.270 e. The first-order valence-electron chi connectivity index (χ1n) is 6.15. The topological polar surface area (TPSA) is 89.3 Å². The van der Waals surface area contributed by atoms with Gasteiger partial charge in [-0.15, -0.1) is 0 Å². The minimum absolute atomic E-state index is 0.0727. The van der Waals surface area contributed by atoms with E-state index in [9.17, 15) is 18.5 Å². The highest BCUT2D eigenvalue weighted by Crippen LogP contribution is 2.35. The van der Waals surface area contributed by atoms with Gasteiger partial charge in [0, 0.05) is 12.1 Å². The van der Waals surface area contributed by atoms with E-state index >= 15 is 0 Å². The van der Waals surface area contributed by atoms with Crippen molar-refractivity contribution in [1.29, 1.82) is 0 Å². The molecule has 0 radical (unpaired) electrons. The standard InChI is InChI=1S/C12H20N2O4SSi/c1-12(2,3)20(4,5)13-19(17,18)11-8-6-7-10(9-11)14(15)16/h6-9,13H,1-5H3. The molecule has 0 atom stereocenters. The first-order valence-corrected chi connectivity index (χ1v) is 10.6. The van der Waals surface area contributed by atoms with Crippen LogP contribution in [0.15, 0.2) is 29.2 Å². The van der Waals surface area contributed by atoms with E-state index in [1.165, 1.54) is 18.2 Å². The molecule has 6 nitrogen and oxygen atoms in total. The lowest BCUT2D eigenvalue weighted by Gasteiger charge is -2.36. The molecule has 1 aromatic rings. The molecule has 0 saturated carbocycles. The summed E-state index contributed by atoms with van der Waals surface area (Å²) in [6.45, 7) is 9.78. The second-order valence-electron chi connectivity index (χ2n) is 6.23. The fourth-order valence-electron chi connectivity index (χ4n) is 1.31. The normalized spacial score (nSPS) is 13.2. The third-order valence-corrected chi connectivity index (χ3v) is 11.3. The van der Waals surface area contributed by atoms with Gasteiger partial charge in [0.25, 0.3) is 5.69 Å². The lowest BCUT2D eigenvalue weighted by Crippen LogP contribution is -2.54. The van der Waals surface area contributed by atoms with E-state index in [0.717, 1.165) is 6.07 Å². The molecule has 20 heavy (non-hydrogen) atoms. The lowest BCUT2D eigenvalue weighted by molar-refractivity contribution is -0.385. The molecular formula is C12H20N2O4SSi. The van der Waals surface area contributed by atoms with Crippen LogP contribution in [-0.4, -0.2) is 21.6 Å². The molecule has 0 aliphatic rings. The second kappa shape index (κ2) is 5.26. The molecule has 0 saturated heterocycles. The predicted molar refractivity (Wildman–Crippen MR) is 80.6 cm³/mol. The van der Waals surface area contributed by atoms with E-state index in [1.54, 1.807) is 0 Å². The summed E-state index contributed by atoms with van der Waals surface area (Å²) in [5, 5.41) is 10.6. The Morgan fingerprint density at radius 2 is 1.80 bits per heavy atom. The smallest absolute Gasteiger partial charge is 0.258 e. The Bertz CT molecular complexity index is 621. The SMILES string of the molecule is CC(C)(C)[Si](C)(C)NS(=O)(=O)c1cccc([N+](=O)[O-])c1. The predicted octanol–water partition coefficient (Wildman–Crippen LogP) is 2.88. The average Bonchev–Trinajstić information content (AvgIpc) is 2.26. The van der Waals surface area contributed by atoms with Crippen LogP contribution in [0, 0.1) is 10.1 Å². The molecule has 0 bridgehead atoms. The van der Waals surface area contributed by atoms with Gasteiger partial charge in [-0.2, -0.15) is 0 Å². The molecule has 0 fully saturated rings. The molecule has 0 spiro atoms. The zero-order valence-corrected chi connectivity index (χ0v) is 14.1. The molecule has 0 unspecified atom stereocenters. The van der Waals surface area contributed by atoms with Gasteiger partial charge in [0.05, 0.1) is 9.82 Å². The molecule has 112 valence electrons. The van der Waals surface area contributed by atoms with E-state index in [1.807, 2.05) is 33.9 Å². The lowest BCUT2D eigenvalue weighted by atomic mass is 10.2. The summed E-state index contributed by atoms with van der Waals surface area (Å²) in [5.74, 6) is 0. The van der Waals surface area contributed by atoms with Crippen molar-refractivity contribution in [1.82, 2.24) is 4.39 Å². The Labute approximate surface area is 120 Å². The van der Waals surface area contributed by atoms with Gasteiger partial charge in [0.15, 0.2) is 0 Å². The van der Waals surface area contributed by atoms with Crippen molar-refractivity contribution in [2.75, 3.05) is 0 Å². The fraction of sp³-hybridized carbons (Fsp3) is 0.500. The molecular weight excluding hydrogens is 296 g/mol. The highest BCUT2D eigenvalue weighted by molar-refractivity contribution is 7.91. The zero-order chi connectivity index (χ0) is 15.8. The van der Waals surface area contributed by atoms with Gasteiger partial charge >= 0.3 is 0 Å². The van der Waals surface area contributed by atoms with Crippen LogP contribution >= 0.6 is 0 Å². The van der Waals surface area contributed by atoms with Crippen molar-refractivity contribution in [2.24, 2.45) is 0 Å². The number of non-ortho nitro benzene ring substituents is 1. The summed E-state index contributed by atoms with van der Waals surface area (Å²) >= 11 is 0. The molecule has 1 rings (SSSR count). The number of benzene rings is 1. The van der Waals surface area contributed by atoms with Crippen molar-refractivity contribution in [3.63, 3.8) is 0 Å². The Morgan fingerprint density at radius 1 is 1.25 bits per heavy atom. The van der Waals surface area contributed by atoms with E-state index in [2.05, 4.69) is 4.39 Å². The second-order valence-corrected chi connectivity index (χ2v) is 13.3. The summed E-state index contributed by atoms with van der Waals surface area (Å²) in [4.78, 5) is 10.0.